The third-order valence-electron chi connectivity index (χ3n) is 5.37. The summed E-state index contributed by atoms with van der Waals surface area (Å²) in [6, 6.07) is -5.40. The van der Waals surface area contributed by atoms with Crippen LogP contribution in [0.25, 0.3) is 0 Å². The van der Waals surface area contributed by atoms with Crippen LogP contribution in [0, 0.1) is 5.92 Å². The minimum absolute atomic E-state index is 0.212. The second-order valence-electron chi connectivity index (χ2n) is 8.31. The zero-order valence-corrected chi connectivity index (χ0v) is 20.2. The number of carbonyl (C=O) groups excluding carboxylic acids is 4. The molecule has 0 heterocycles. The Balaban J connectivity index is 5.61. The molecule has 0 aliphatic heterocycles. The van der Waals surface area contributed by atoms with Crippen LogP contribution in [0.3, 0.4) is 0 Å². The number of primary amides is 1. The number of nitrogens with one attached hydrogen (secondary N) is 3. The van der Waals surface area contributed by atoms with Crippen molar-refractivity contribution in [2.75, 3.05) is 0 Å². The molecule has 10 N–H and O–H groups in total. The number of hydrogen-bond acceptors (Lipinski definition) is 8. The van der Waals surface area contributed by atoms with Crippen LogP contribution in [0.15, 0.2) is 0 Å². The van der Waals surface area contributed by atoms with Crippen molar-refractivity contribution in [3.8, 4) is 0 Å². The molecule has 0 saturated heterocycles. The summed E-state index contributed by atoms with van der Waals surface area (Å²) < 4.78 is 0. The lowest BCUT2D eigenvalue weighted by atomic mass is 9.96. The van der Waals surface area contributed by atoms with Crippen molar-refractivity contribution in [2.45, 2.75) is 83.0 Å². The fraction of sp³-hybridized carbons (Fsp3) is 0.667. The Bertz CT molecular complexity index is 834. The first-order valence-electron chi connectivity index (χ1n) is 11.3. The molecule has 4 amide bonds. The number of amides is 4. The smallest absolute Gasteiger partial charge is 0.326 e. The maximum atomic E-state index is 13.0. The molecule has 0 aromatic heterocycles. The minimum atomic E-state index is -1.52. The van der Waals surface area contributed by atoms with Crippen LogP contribution in [-0.2, 0) is 33.6 Å². The first-order chi connectivity index (χ1) is 16.7. The molecule has 0 saturated carbocycles. The van der Waals surface area contributed by atoms with Gasteiger partial charge in [0.25, 0.3) is 0 Å². The van der Waals surface area contributed by atoms with Crippen molar-refractivity contribution in [2.24, 2.45) is 17.4 Å². The van der Waals surface area contributed by atoms with Gasteiger partial charge in [0.2, 0.25) is 23.6 Å². The van der Waals surface area contributed by atoms with E-state index >= 15 is 0 Å². The van der Waals surface area contributed by atoms with E-state index in [1.165, 1.54) is 0 Å². The lowest BCUT2D eigenvalue weighted by Gasteiger charge is -2.28. The van der Waals surface area contributed by atoms with E-state index in [2.05, 4.69) is 16.0 Å². The molecule has 0 spiro atoms. The fourth-order valence-corrected chi connectivity index (χ4v) is 2.99. The Hall–Kier alpha value is -3.75. The standard InChI is InChI=1S/C21H35N5O10/c1-3-10(2)17(20(34)25-13(21(35)36)6-9-16(30)31)26-19(33)12(5-7-14(23)27)24-18(32)11(22)4-8-15(28)29/h10-13,17H,3-9,22H2,1-2H3,(H2,23,27)(H,24,32)(H,25,34)(H,26,33)(H,28,29)(H,30,31)(H,35,36). The van der Waals surface area contributed by atoms with Gasteiger partial charge in [-0.25, -0.2) is 4.79 Å². The summed E-state index contributed by atoms with van der Waals surface area (Å²) in [6.07, 6.45) is -1.68. The molecule has 0 bridgehead atoms. The Morgan fingerprint density at radius 3 is 1.69 bits per heavy atom. The second-order valence-corrected chi connectivity index (χ2v) is 8.31. The van der Waals surface area contributed by atoms with E-state index in [9.17, 15) is 38.7 Å². The summed E-state index contributed by atoms with van der Waals surface area (Å²) in [5.41, 5.74) is 10.8. The third-order valence-corrected chi connectivity index (χ3v) is 5.37. The number of carboxylic acids is 3. The molecule has 5 unspecified atom stereocenters. The van der Waals surface area contributed by atoms with Gasteiger partial charge in [0.15, 0.2) is 0 Å². The average molecular weight is 518 g/mol. The molecule has 5 atom stereocenters. The van der Waals surface area contributed by atoms with Gasteiger partial charge in [0, 0.05) is 19.3 Å². The molecule has 0 aliphatic carbocycles. The van der Waals surface area contributed by atoms with Gasteiger partial charge in [-0.1, -0.05) is 20.3 Å². The first kappa shape index (κ1) is 32.2. The van der Waals surface area contributed by atoms with Gasteiger partial charge in [0.05, 0.1) is 6.04 Å². The van der Waals surface area contributed by atoms with Gasteiger partial charge in [0.1, 0.15) is 18.1 Å². The summed E-state index contributed by atoms with van der Waals surface area (Å²) in [6.45, 7) is 3.32. The van der Waals surface area contributed by atoms with Crippen molar-refractivity contribution in [1.82, 2.24) is 16.0 Å². The van der Waals surface area contributed by atoms with Gasteiger partial charge in [-0.15, -0.1) is 0 Å². The Morgan fingerprint density at radius 1 is 0.722 bits per heavy atom. The van der Waals surface area contributed by atoms with E-state index in [4.69, 9.17) is 21.7 Å². The highest BCUT2D eigenvalue weighted by molar-refractivity contribution is 5.94. The number of carbonyl (C=O) groups is 7. The van der Waals surface area contributed by atoms with Crippen molar-refractivity contribution in [3.63, 3.8) is 0 Å². The van der Waals surface area contributed by atoms with Gasteiger partial charge in [-0.3, -0.25) is 28.8 Å². The first-order valence-corrected chi connectivity index (χ1v) is 11.3. The Labute approximate surface area is 207 Å². The molecule has 204 valence electrons. The molecular formula is C21H35N5O10. The molecule has 0 rings (SSSR count). The maximum Gasteiger partial charge on any atom is 0.326 e. The summed E-state index contributed by atoms with van der Waals surface area (Å²) in [5, 5.41) is 33.8. The topological polar surface area (TPSA) is 268 Å². The van der Waals surface area contributed by atoms with Gasteiger partial charge in [-0.05, 0) is 25.2 Å². The quantitative estimate of drug-likeness (QED) is 0.0974. The van der Waals surface area contributed by atoms with E-state index in [0.29, 0.717) is 6.42 Å². The average Bonchev–Trinajstić information content (AvgIpc) is 2.79. The molecule has 36 heavy (non-hydrogen) atoms. The van der Waals surface area contributed by atoms with E-state index in [-0.39, 0.29) is 25.7 Å². The lowest BCUT2D eigenvalue weighted by Crippen LogP contribution is -2.58. The molecule has 0 aliphatic rings. The number of nitrogens with two attached hydrogens (primary N) is 2. The zero-order valence-electron chi connectivity index (χ0n) is 20.2. The van der Waals surface area contributed by atoms with Gasteiger partial charge < -0.3 is 42.7 Å². The van der Waals surface area contributed by atoms with Crippen LogP contribution in [0.4, 0.5) is 0 Å². The number of rotatable bonds is 18. The van der Waals surface area contributed by atoms with Crippen molar-refractivity contribution >= 4 is 41.5 Å². The Morgan fingerprint density at radius 2 is 1.22 bits per heavy atom. The van der Waals surface area contributed by atoms with Gasteiger partial charge in [-0.2, -0.15) is 0 Å². The number of carboxylic acid groups (broad SMARTS) is 3. The molecule has 0 radical (unpaired) electrons. The van der Waals surface area contributed by atoms with Crippen LogP contribution in [-0.4, -0.2) is 81.0 Å². The van der Waals surface area contributed by atoms with E-state index < -0.39 is 84.5 Å². The summed E-state index contributed by atoms with van der Waals surface area (Å²) in [7, 11) is 0. The largest absolute Gasteiger partial charge is 0.481 e. The van der Waals surface area contributed by atoms with Crippen molar-refractivity contribution in [1.29, 1.82) is 0 Å². The predicted octanol–water partition coefficient (Wildman–Crippen LogP) is -2.11. The minimum Gasteiger partial charge on any atom is -0.481 e. The van der Waals surface area contributed by atoms with Crippen LogP contribution in [0.1, 0.15) is 58.8 Å². The second kappa shape index (κ2) is 16.0. The molecule has 15 nitrogen and oxygen atoms in total. The number of hydrogen-bond donors (Lipinski definition) is 8. The predicted molar refractivity (Wildman–Crippen MR) is 123 cm³/mol. The van der Waals surface area contributed by atoms with Gasteiger partial charge >= 0.3 is 17.9 Å². The SMILES string of the molecule is CCC(C)C(NC(=O)C(CCC(N)=O)NC(=O)C(N)CCC(=O)O)C(=O)NC(CCC(=O)O)C(=O)O. The molecule has 0 aromatic rings. The molecule has 0 fully saturated rings. The van der Waals surface area contributed by atoms with E-state index in [0.717, 1.165) is 0 Å². The summed E-state index contributed by atoms with van der Waals surface area (Å²) in [4.78, 5) is 82.3. The highest BCUT2D eigenvalue weighted by Gasteiger charge is 2.33. The van der Waals surface area contributed by atoms with Crippen molar-refractivity contribution in [3.05, 3.63) is 0 Å². The number of aliphatic carboxylic acids is 3. The third kappa shape index (κ3) is 12.6. The van der Waals surface area contributed by atoms with Crippen LogP contribution < -0.4 is 27.4 Å². The van der Waals surface area contributed by atoms with Crippen LogP contribution in [0.5, 0.6) is 0 Å². The normalized spacial score (nSPS) is 14.9. The maximum absolute atomic E-state index is 13.0. The van der Waals surface area contributed by atoms with Crippen LogP contribution >= 0.6 is 0 Å². The van der Waals surface area contributed by atoms with E-state index in [1.54, 1.807) is 13.8 Å². The highest BCUT2D eigenvalue weighted by atomic mass is 16.4. The molecular weight excluding hydrogens is 482 g/mol. The molecule has 0 aromatic carbocycles. The highest BCUT2D eigenvalue weighted by Crippen LogP contribution is 2.11. The summed E-state index contributed by atoms with van der Waals surface area (Å²) >= 11 is 0. The Kier molecular flexibility index (Phi) is 14.4. The molecule has 15 heteroatoms. The monoisotopic (exact) mass is 517 g/mol. The van der Waals surface area contributed by atoms with Crippen LogP contribution in [0.2, 0.25) is 0 Å². The zero-order chi connectivity index (χ0) is 28.0. The summed E-state index contributed by atoms with van der Waals surface area (Å²) in [5.74, 6) is -7.78. The van der Waals surface area contributed by atoms with E-state index in [1.807, 2.05) is 0 Å². The fourth-order valence-electron chi connectivity index (χ4n) is 2.99. The van der Waals surface area contributed by atoms with Crippen molar-refractivity contribution < 1.29 is 48.9 Å². The lowest BCUT2D eigenvalue weighted by molar-refractivity contribution is -0.144.